The second kappa shape index (κ2) is 6.99. The highest BCUT2D eigenvalue weighted by Crippen LogP contribution is 2.20. The topological polar surface area (TPSA) is 99.2 Å². The molecule has 1 aromatic carbocycles. The molecule has 0 unspecified atom stereocenters. The van der Waals surface area contributed by atoms with Crippen LogP contribution in [0.1, 0.15) is 24.0 Å². The lowest BCUT2D eigenvalue weighted by molar-refractivity contribution is -0.152. The number of carbonyl (C=O) groups is 2. The minimum atomic E-state index is -0.945. The summed E-state index contributed by atoms with van der Waals surface area (Å²) in [7, 11) is 1.80. The van der Waals surface area contributed by atoms with Gasteiger partial charge in [-0.05, 0) is 32.9 Å². The van der Waals surface area contributed by atoms with E-state index in [-0.39, 0.29) is 6.42 Å². The van der Waals surface area contributed by atoms with Crippen molar-refractivity contribution in [2.24, 2.45) is 7.05 Å². The van der Waals surface area contributed by atoms with Gasteiger partial charge in [0.2, 0.25) is 0 Å². The molecule has 136 valence electrons. The first kappa shape index (κ1) is 17.7. The molecule has 1 N–H and O–H groups in total. The van der Waals surface area contributed by atoms with Crippen molar-refractivity contribution in [2.45, 2.75) is 33.3 Å². The molecule has 1 atom stereocenters. The number of nitrogens with zero attached hydrogens (tertiary/aromatic N) is 3. The number of rotatable bonds is 5. The van der Waals surface area contributed by atoms with Gasteiger partial charge in [-0.25, -0.2) is 0 Å². The zero-order valence-corrected chi connectivity index (χ0v) is 15.1. The van der Waals surface area contributed by atoms with Crippen molar-refractivity contribution in [3.8, 4) is 0 Å². The van der Waals surface area contributed by atoms with E-state index < -0.39 is 18.0 Å². The Kier molecular flexibility index (Phi) is 4.75. The average molecular weight is 356 g/mol. The normalized spacial score (nSPS) is 12.2. The molecular formula is C18H20N4O4. The standard InChI is InChI=1S/C18H20N4O4/c1-10-17(11(2)22(4)20-10)19-18(24)12(3)25-16(23)9-14-13-7-5-6-8-15(13)26-21-14/h5-8,12H,9H2,1-4H3,(H,19,24)/t12-/m1/s1. The summed E-state index contributed by atoms with van der Waals surface area (Å²) in [5.74, 6) is -0.964. The van der Waals surface area contributed by atoms with Crippen molar-refractivity contribution < 1.29 is 18.8 Å². The molecule has 3 aromatic rings. The Morgan fingerprint density at radius 3 is 2.73 bits per heavy atom. The Labute approximate surface area is 150 Å². The van der Waals surface area contributed by atoms with Gasteiger partial charge in [0.15, 0.2) is 11.7 Å². The first-order chi connectivity index (χ1) is 12.4. The summed E-state index contributed by atoms with van der Waals surface area (Å²) in [6.45, 7) is 5.17. The molecule has 0 spiro atoms. The van der Waals surface area contributed by atoms with Crippen LogP contribution in [0.4, 0.5) is 5.69 Å². The highest BCUT2D eigenvalue weighted by atomic mass is 16.5. The summed E-state index contributed by atoms with van der Waals surface area (Å²) in [6.07, 6.45) is -1.01. The maximum absolute atomic E-state index is 12.3. The number of aromatic nitrogens is 3. The number of nitrogens with one attached hydrogen (secondary N) is 1. The van der Waals surface area contributed by atoms with Gasteiger partial charge in [-0.2, -0.15) is 5.10 Å². The zero-order valence-electron chi connectivity index (χ0n) is 15.1. The van der Waals surface area contributed by atoms with Crippen LogP contribution < -0.4 is 5.32 Å². The summed E-state index contributed by atoms with van der Waals surface area (Å²) in [5.41, 5.74) is 3.23. The molecule has 2 aromatic heterocycles. The molecule has 0 fully saturated rings. The number of aryl methyl sites for hydroxylation is 2. The van der Waals surface area contributed by atoms with E-state index >= 15 is 0 Å². The fourth-order valence-corrected chi connectivity index (χ4v) is 2.67. The minimum absolute atomic E-state index is 0.0699. The molecule has 0 saturated carbocycles. The average Bonchev–Trinajstić information content (AvgIpc) is 3.11. The van der Waals surface area contributed by atoms with Gasteiger partial charge in [-0.3, -0.25) is 14.3 Å². The minimum Gasteiger partial charge on any atom is -0.452 e. The molecule has 0 aliphatic carbocycles. The van der Waals surface area contributed by atoms with Gasteiger partial charge in [-0.15, -0.1) is 0 Å². The Hall–Kier alpha value is -3.16. The molecule has 8 nitrogen and oxygen atoms in total. The van der Waals surface area contributed by atoms with Gasteiger partial charge in [0.1, 0.15) is 5.69 Å². The summed E-state index contributed by atoms with van der Waals surface area (Å²) >= 11 is 0. The van der Waals surface area contributed by atoms with Crippen LogP contribution in [0.5, 0.6) is 0 Å². The SMILES string of the molecule is Cc1nn(C)c(C)c1NC(=O)[C@@H](C)OC(=O)Cc1noc2ccccc12. The summed E-state index contributed by atoms with van der Waals surface area (Å²) in [6, 6.07) is 7.25. The predicted octanol–water partition coefficient (Wildman–Crippen LogP) is 2.29. The highest BCUT2D eigenvalue weighted by molar-refractivity contribution is 5.96. The maximum atomic E-state index is 12.3. The van der Waals surface area contributed by atoms with Crippen molar-refractivity contribution in [2.75, 3.05) is 5.32 Å². The Balaban J connectivity index is 1.62. The van der Waals surface area contributed by atoms with Crippen LogP contribution in [-0.2, 0) is 27.8 Å². The van der Waals surface area contributed by atoms with Crippen molar-refractivity contribution in [3.05, 3.63) is 41.3 Å². The summed E-state index contributed by atoms with van der Waals surface area (Å²) < 4.78 is 12.1. The molecule has 0 bridgehead atoms. The van der Waals surface area contributed by atoms with Crippen molar-refractivity contribution >= 4 is 28.5 Å². The second-order valence-electron chi connectivity index (χ2n) is 6.09. The highest BCUT2D eigenvalue weighted by Gasteiger charge is 2.22. The monoisotopic (exact) mass is 356 g/mol. The first-order valence-electron chi connectivity index (χ1n) is 8.20. The molecule has 0 radical (unpaired) electrons. The van der Waals surface area contributed by atoms with Gasteiger partial charge in [0, 0.05) is 12.4 Å². The van der Waals surface area contributed by atoms with Gasteiger partial charge in [0.05, 0.1) is 23.5 Å². The van der Waals surface area contributed by atoms with Crippen molar-refractivity contribution in [1.29, 1.82) is 0 Å². The Morgan fingerprint density at radius 2 is 2.04 bits per heavy atom. The number of anilines is 1. The molecule has 0 aliphatic heterocycles. The van der Waals surface area contributed by atoms with Crippen molar-refractivity contribution in [3.63, 3.8) is 0 Å². The molecule has 1 amide bonds. The van der Waals surface area contributed by atoms with Crippen LogP contribution in [0, 0.1) is 13.8 Å². The smallest absolute Gasteiger partial charge is 0.312 e. The number of fused-ring (bicyclic) bond motifs is 1. The number of ether oxygens (including phenoxy) is 1. The lowest BCUT2D eigenvalue weighted by Crippen LogP contribution is -2.30. The fourth-order valence-electron chi connectivity index (χ4n) is 2.67. The van der Waals surface area contributed by atoms with E-state index in [1.807, 2.05) is 25.1 Å². The third-order valence-electron chi connectivity index (χ3n) is 4.20. The van der Waals surface area contributed by atoms with Crippen LogP contribution in [0.15, 0.2) is 28.8 Å². The fraction of sp³-hybridized carbons (Fsp3) is 0.333. The first-order valence-corrected chi connectivity index (χ1v) is 8.20. The number of carbonyl (C=O) groups excluding carboxylic acids is 2. The number of para-hydroxylation sites is 1. The Bertz CT molecular complexity index is 973. The maximum Gasteiger partial charge on any atom is 0.312 e. The van der Waals surface area contributed by atoms with Gasteiger partial charge < -0.3 is 14.6 Å². The molecule has 0 saturated heterocycles. The van der Waals surface area contributed by atoms with Crippen molar-refractivity contribution in [1.82, 2.24) is 14.9 Å². The van der Waals surface area contributed by atoms with Crippen LogP contribution in [0.3, 0.4) is 0 Å². The quantitative estimate of drug-likeness (QED) is 0.704. The van der Waals surface area contributed by atoms with E-state index in [1.54, 1.807) is 24.7 Å². The third kappa shape index (κ3) is 3.44. The van der Waals surface area contributed by atoms with E-state index in [0.717, 1.165) is 11.1 Å². The van der Waals surface area contributed by atoms with Gasteiger partial charge in [0.25, 0.3) is 5.91 Å². The Morgan fingerprint density at radius 1 is 1.31 bits per heavy atom. The molecular weight excluding hydrogens is 336 g/mol. The van der Waals surface area contributed by atoms with Gasteiger partial charge >= 0.3 is 5.97 Å². The van der Waals surface area contributed by atoms with E-state index in [1.165, 1.54) is 6.92 Å². The number of hydrogen-bond acceptors (Lipinski definition) is 6. The second-order valence-corrected chi connectivity index (χ2v) is 6.09. The molecule has 26 heavy (non-hydrogen) atoms. The van der Waals surface area contributed by atoms with Crippen LogP contribution >= 0.6 is 0 Å². The summed E-state index contributed by atoms with van der Waals surface area (Å²) in [4.78, 5) is 24.5. The van der Waals surface area contributed by atoms with E-state index in [0.29, 0.717) is 22.7 Å². The van der Waals surface area contributed by atoms with Crippen LogP contribution in [0.25, 0.3) is 11.0 Å². The predicted molar refractivity (Wildman–Crippen MR) is 94.6 cm³/mol. The van der Waals surface area contributed by atoms with Gasteiger partial charge in [-0.1, -0.05) is 17.3 Å². The number of esters is 1. The van der Waals surface area contributed by atoms with Crippen LogP contribution in [-0.4, -0.2) is 32.9 Å². The number of hydrogen-bond donors (Lipinski definition) is 1. The van der Waals surface area contributed by atoms with Crippen LogP contribution in [0.2, 0.25) is 0 Å². The zero-order chi connectivity index (χ0) is 18.8. The largest absolute Gasteiger partial charge is 0.452 e. The van der Waals surface area contributed by atoms with E-state index in [2.05, 4.69) is 15.6 Å². The lowest BCUT2D eigenvalue weighted by atomic mass is 10.2. The lowest BCUT2D eigenvalue weighted by Gasteiger charge is -2.13. The molecule has 2 heterocycles. The van der Waals surface area contributed by atoms with E-state index in [9.17, 15) is 9.59 Å². The third-order valence-corrected chi connectivity index (χ3v) is 4.20. The molecule has 8 heteroatoms. The molecule has 0 aliphatic rings. The number of amides is 1. The molecule has 3 rings (SSSR count). The number of benzene rings is 1. The summed E-state index contributed by atoms with van der Waals surface area (Å²) in [5, 5.41) is 11.6. The van der Waals surface area contributed by atoms with E-state index in [4.69, 9.17) is 9.26 Å².